The van der Waals surface area contributed by atoms with E-state index in [-0.39, 0.29) is 11.8 Å². The first-order valence-electron chi connectivity index (χ1n) is 7.93. The molecular weight excluding hydrogens is 278 g/mol. The van der Waals surface area contributed by atoms with Crippen LogP contribution in [0.3, 0.4) is 0 Å². The fourth-order valence-electron chi connectivity index (χ4n) is 2.34. The predicted molar refractivity (Wildman–Crippen MR) is 87.9 cm³/mol. The third-order valence-electron chi connectivity index (χ3n) is 4.24. The van der Waals surface area contributed by atoms with Crippen molar-refractivity contribution in [2.75, 3.05) is 0 Å². The van der Waals surface area contributed by atoms with Crippen LogP contribution in [0.2, 0.25) is 0 Å². The summed E-state index contributed by atoms with van der Waals surface area (Å²) >= 11 is 0. The van der Waals surface area contributed by atoms with Crippen LogP contribution >= 0.6 is 0 Å². The van der Waals surface area contributed by atoms with Gasteiger partial charge in [0.1, 0.15) is 6.04 Å². The molecule has 0 spiro atoms. The average molecular weight is 305 g/mol. The topological polar surface area (TPSA) is 66.4 Å². The zero-order chi connectivity index (χ0) is 16.7. The highest BCUT2D eigenvalue weighted by Crippen LogP contribution is 2.13. The van der Waals surface area contributed by atoms with Crippen LogP contribution in [-0.4, -0.2) is 23.0 Å². The van der Waals surface area contributed by atoms with E-state index in [0.29, 0.717) is 6.42 Å². The molecule has 2 atom stereocenters. The lowest BCUT2D eigenvalue weighted by atomic mass is 9.98. The van der Waals surface area contributed by atoms with E-state index in [4.69, 9.17) is 5.11 Å². The summed E-state index contributed by atoms with van der Waals surface area (Å²) < 4.78 is 0. The van der Waals surface area contributed by atoms with Crippen LogP contribution in [0.4, 0.5) is 0 Å². The highest BCUT2D eigenvalue weighted by atomic mass is 16.4. The summed E-state index contributed by atoms with van der Waals surface area (Å²) in [5, 5.41) is 11.8. The average Bonchev–Trinajstić information content (AvgIpc) is 2.47. The molecule has 0 aliphatic carbocycles. The lowest BCUT2D eigenvalue weighted by molar-refractivity contribution is -0.143. The lowest BCUT2D eigenvalue weighted by Gasteiger charge is -2.20. The number of rotatable bonds is 8. The van der Waals surface area contributed by atoms with Crippen molar-refractivity contribution in [3.05, 3.63) is 34.9 Å². The van der Waals surface area contributed by atoms with Crippen LogP contribution in [0.1, 0.15) is 49.8 Å². The van der Waals surface area contributed by atoms with Crippen molar-refractivity contribution in [3.63, 3.8) is 0 Å². The predicted octanol–water partition coefficient (Wildman–Crippen LogP) is 3.24. The molecule has 22 heavy (non-hydrogen) atoms. The molecule has 0 bridgehead atoms. The smallest absolute Gasteiger partial charge is 0.326 e. The maximum absolute atomic E-state index is 11.9. The van der Waals surface area contributed by atoms with Gasteiger partial charge in [0.15, 0.2) is 0 Å². The van der Waals surface area contributed by atoms with E-state index < -0.39 is 12.0 Å². The Morgan fingerprint density at radius 1 is 1.23 bits per heavy atom. The van der Waals surface area contributed by atoms with Crippen molar-refractivity contribution in [1.29, 1.82) is 0 Å². The molecule has 0 fully saturated rings. The molecule has 0 heterocycles. The number of carboxylic acids is 1. The number of aryl methyl sites for hydroxylation is 3. The zero-order valence-corrected chi connectivity index (χ0v) is 14.0. The first kappa shape index (κ1) is 18.2. The van der Waals surface area contributed by atoms with Crippen LogP contribution in [0.5, 0.6) is 0 Å². The van der Waals surface area contributed by atoms with E-state index in [9.17, 15) is 9.59 Å². The summed E-state index contributed by atoms with van der Waals surface area (Å²) in [6.45, 7) is 7.92. The van der Waals surface area contributed by atoms with Gasteiger partial charge >= 0.3 is 5.97 Å². The molecule has 0 saturated heterocycles. The molecular formula is C18H27NO3. The Morgan fingerprint density at radius 3 is 2.45 bits per heavy atom. The Balaban J connectivity index is 2.45. The number of nitrogens with one attached hydrogen (secondary N) is 1. The summed E-state index contributed by atoms with van der Waals surface area (Å²) in [7, 11) is 0. The van der Waals surface area contributed by atoms with E-state index in [1.165, 1.54) is 16.7 Å². The lowest BCUT2D eigenvalue weighted by Crippen LogP contribution is -2.44. The maximum atomic E-state index is 11.9. The van der Waals surface area contributed by atoms with Crippen LogP contribution in [-0.2, 0) is 16.0 Å². The molecule has 0 saturated carbocycles. The third kappa shape index (κ3) is 5.51. The van der Waals surface area contributed by atoms with Gasteiger partial charge in [-0.15, -0.1) is 0 Å². The van der Waals surface area contributed by atoms with Gasteiger partial charge < -0.3 is 10.4 Å². The number of amides is 1. The van der Waals surface area contributed by atoms with Gasteiger partial charge in [0.05, 0.1) is 0 Å². The van der Waals surface area contributed by atoms with Crippen molar-refractivity contribution in [3.8, 4) is 0 Å². The third-order valence-corrected chi connectivity index (χ3v) is 4.24. The first-order chi connectivity index (χ1) is 10.3. The molecule has 1 rings (SSSR count). The van der Waals surface area contributed by atoms with Gasteiger partial charge in [-0.05, 0) is 49.3 Å². The van der Waals surface area contributed by atoms with Crippen molar-refractivity contribution in [2.24, 2.45) is 5.92 Å². The Kier molecular flexibility index (Phi) is 7.09. The van der Waals surface area contributed by atoms with Crippen LogP contribution in [0.15, 0.2) is 18.2 Å². The summed E-state index contributed by atoms with van der Waals surface area (Å²) in [6.07, 6.45) is 2.63. The van der Waals surface area contributed by atoms with E-state index in [0.717, 1.165) is 19.3 Å². The minimum absolute atomic E-state index is 0.0683. The number of benzene rings is 1. The molecule has 0 aliphatic rings. The van der Waals surface area contributed by atoms with Crippen LogP contribution in [0.25, 0.3) is 0 Å². The largest absolute Gasteiger partial charge is 0.480 e. The van der Waals surface area contributed by atoms with E-state index in [1.54, 1.807) is 0 Å². The number of hydrogen-bond donors (Lipinski definition) is 2. The molecule has 2 N–H and O–H groups in total. The summed E-state index contributed by atoms with van der Waals surface area (Å²) in [6, 6.07) is 5.53. The maximum Gasteiger partial charge on any atom is 0.326 e. The quantitative estimate of drug-likeness (QED) is 0.775. The Labute approximate surface area is 132 Å². The molecule has 1 aromatic rings. The highest BCUT2D eigenvalue weighted by molar-refractivity contribution is 5.83. The molecule has 122 valence electrons. The van der Waals surface area contributed by atoms with Crippen molar-refractivity contribution >= 4 is 11.9 Å². The van der Waals surface area contributed by atoms with Gasteiger partial charge in [0, 0.05) is 6.42 Å². The fourth-order valence-corrected chi connectivity index (χ4v) is 2.34. The molecule has 0 aliphatic heterocycles. The second kappa shape index (κ2) is 8.57. The Morgan fingerprint density at radius 2 is 1.91 bits per heavy atom. The van der Waals surface area contributed by atoms with Gasteiger partial charge in [-0.3, -0.25) is 4.79 Å². The molecule has 4 nitrogen and oxygen atoms in total. The van der Waals surface area contributed by atoms with Crippen LogP contribution < -0.4 is 5.32 Å². The molecule has 1 amide bonds. The fraction of sp³-hybridized carbons (Fsp3) is 0.556. The second-order valence-electron chi connectivity index (χ2n) is 6.04. The molecule has 0 aromatic heterocycles. The normalized spacial score (nSPS) is 13.5. The van der Waals surface area contributed by atoms with E-state index in [2.05, 4.69) is 37.4 Å². The second-order valence-corrected chi connectivity index (χ2v) is 6.04. The Bertz CT molecular complexity index is 525. The van der Waals surface area contributed by atoms with Gasteiger partial charge in [0.2, 0.25) is 5.91 Å². The molecule has 2 unspecified atom stereocenters. The van der Waals surface area contributed by atoms with Crippen molar-refractivity contribution in [1.82, 2.24) is 5.32 Å². The minimum Gasteiger partial charge on any atom is -0.480 e. The first-order valence-corrected chi connectivity index (χ1v) is 7.93. The number of carbonyl (C=O) groups excluding carboxylic acids is 1. The Hall–Kier alpha value is -1.84. The van der Waals surface area contributed by atoms with E-state index in [1.807, 2.05) is 13.8 Å². The van der Waals surface area contributed by atoms with Gasteiger partial charge in [-0.1, -0.05) is 38.5 Å². The van der Waals surface area contributed by atoms with Crippen LogP contribution in [0, 0.1) is 19.8 Å². The van der Waals surface area contributed by atoms with Gasteiger partial charge in [-0.25, -0.2) is 4.79 Å². The number of hydrogen-bond acceptors (Lipinski definition) is 2. The zero-order valence-electron chi connectivity index (χ0n) is 14.0. The van der Waals surface area contributed by atoms with Gasteiger partial charge in [-0.2, -0.15) is 0 Å². The number of aliphatic carboxylic acids is 1. The monoisotopic (exact) mass is 305 g/mol. The van der Waals surface area contributed by atoms with Crippen molar-refractivity contribution < 1.29 is 14.7 Å². The number of carboxylic acid groups (broad SMARTS) is 1. The SMILES string of the molecule is CCC(C)C(NC(=O)CCCc1ccc(C)c(C)c1)C(=O)O. The molecule has 0 radical (unpaired) electrons. The standard InChI is InChI=1S/C18H27NO3/c1-5-12(2)17(18(21)22)19-16(20)8-6-7-15-10-9-13(3)14(4)11-15/h9-12,17H,5-8H2,1-4H3,(H,19,20)(H,21,22). The van der Waals surface area contributed by atoms with Gasteiger partial charge in [0.25, 0.3) is 0 Å². The summed E-state index contributed by atoms with van der Waals surface area (Å²) in [5.41, 5.74) is 3.73. The minimum atomic E-state index is -0.961. The van der Waals surface area contributed by atoms with E-state index >= 15 is 0 Å². The van der Waals surface area contributed by atoms with Crippen molar-refractivity contribution in [2.45, 2.75) is 59.4 Å². The summed E-state index contributed by atoms with van der Waals surface area (Å²) in [5.74, 6) is -1.21. The number of carbonyl (C=O) groups is 2. The highest BCUT2D eigenvalue weighted by Gasteiger charge is 2.24. The molecule has 4 heteroatoms. The summed E-state index contributed by atoms with van der Waals surface area (Å²) in [4.78, 5) is 23.1. The molecule has 1 aromatic carbocycles.